The third-order valence-electron chi connectivity index (χ3n) is 4.40. The first-order chi connectivity index (χ1) is 11.5. The van der Waals surface area contributed by atoms with Gasteiger partial charge >= 0.3 is 0 Å². The van der Waals surface area contributed by atoms with Crippen LogP contribution in [0.2, 0.25) is 0 Å². The predicted molar refractivity (Wildman–Crippen MR) is 99.7 cm³/mol. The van der Waals surface area contributed by atoms with Gasteiger partial charge in [0.25, 0.3) is 0 Å². The Labute approximate surface area is 146 Å². The van der Waals surface area contributed by atoms with E-state index in [0.29, 0.717) is 17.4 Å². The number of unbranched alkanes of at least 4 members (excludes halogenated alkanes) is 1. The minimum atomic E-state index is -3.40. The Morgan fingerprint density at radius 1 is 0.958 bits per heavy atom. The Kier molecular flexibility index (Phi) is 7.00. The van der Waals surface area contributed by atoms with Crippen LogP contribution in [0.25, 0.3) is 0 Å². The van der Waals surface area contributed by atoms with Crippen LogP contribution in [-0.2, 0) is 16.4 Å². The Hall–Kier alpha value is -1.65. The summed E-state index contributed by atoms with van der Waals surface area (Å²) in [6, 6.07) is 17.5. The molecule has 130 valence electrons. The van der Waals surface area contributed by atoms with Crippen molar-refractivity contribution in [3.8, 4) is 0 Å². The smallest absolute Gasteiger partial charge is 0.211 e. The molecule has 24 heavy (non-hydrogen) atoms. The molecule has 2 rings (SSSR count). The van der Waals surface area contributed by atoms with E-state index in [-0.39, 0.29) is 0 Å². The van der Waals surface area contributed by atoms with Crippen molar-refractivity contribution in [3.63, 3.8) is 0 Å². The average molecular weight is 346 g/mol. The van der Waals surface area contributed by atoms with Gasteiger partial charge in [0, 0.05) is 6.54 Å². The first-order valence-corrected chi connectivity index (χ1v) is 10.1. The summed E-state index contributed by atoms with van der Waals surface area (Å²) in [5.41, 5.74) is 2.47. The first-order valence-electron chi connectivity index (χ1n) is 8.66. The number of rotatable bonds is 9. The van der Waals surface area contributed by atoms with Crippen LogP contribution in [0.15, 0.2) is 59.5 Å². The minimum absolute atomic E-state index is 0.345. The molecule has 0 saturated carbocycles. The fourth-order valence-electron chi connectivity index (χ4n) is 2.60. The number of aryl methyl sites for hydroxylation is 1. The highest BCUT2D eigenvalue weighted by Gasteiger charge is 2.13. The van der Waals surface area contributed by atoms with Gasteiger partial charge in [-0.3, -0.25) is 0 Å². The Balaban J connectivity index is 1.80. The highest BCUT2D eigenvalue weighted by Crippen LogP contribution is 2.20. The molecule has 0 bridgehead atoms. The molecule has 2 aromatic carbocycles. The molecule has 1 unspecified atom stereocenters. The van der Waals surface area contributed by atoms with Gasteiger partial charge in [-0.1, -0.05) is 56.3 Å². The van der Waals surface area contributed by atoms with Gasteiger partial charge in [0.05, 0.1) is 4.90 Å². The summed E-state index contributed by atoms with van der Waals surface area (Å²) in [6.07, 6.45) is 3.83. The lowest BCUT2D eigenvalue weighted by Gasteiger charge is -2.11. The predicted octanol–water partition coefficient (Wildman–Crippen LogP) is 4.50. The van der Waals surface area contributed by atoms with Crippen LogP contribution in [0.3, 0.4) is 0 Å². The molecule has 1 atom stereocenters. The van der Waals surface area contributed by atoms with E-state index in [9.17, 15) is 8.42 Å². The molecule has 4 heteroatoms. The van der Waals surface area contributed by atoms with Crippen LogP contribution in [-0.4, -0.2) is 15.0 Å². The number of benzene rings is 2. The molecule has 3 nitrogen and oxygen atoms in total. The molecule has 0 aromatic heterocycles. The van der Waals surface area contributed by atoms with Crippen LogP contribution >= 0.6 is 0 Å². The zero-order valence-corrected chi connectivity index (χ0v) is 15.4. The second-order valence-corrected chi connectivity index (χ2v) is 7.99. The quantitative estimate of drug-likeness (QED) is 0.680. The summed E-state index contributed by atoms with van der Waals surface area (Å²) < 4.78 is 27.3. The fraction of sp³-hybridized carbons (Fsp3) is 0.400. The lowest BCUT2D eigenvalue weighted by Crippen LogP contribution is -2.24. The van der Waals surface area contributed by atoms with Gasteiger partial charge in [-0.25, -0.2) is 13.1 Å². The summed E-state index contributed by atoms with van der Waals surface area (Å²) in [4.78, 5) is 0.345. The van der Waals surface area contributed by atoms with Gasteiger partial charge in [0.1, 0.15) is 0 Å². The van der Waals surface area contributed by atoms with E-state index in [1.807, 2.05) is 30.3 Å². The standard InChI is InChI=1S/C20H27NO2S/c1-3-17(2)19-12-14-20(15-13-19)24(22,23)21-16-8-7-11-18-9-5-4-6-10-18/h4-6,9-10,12-15,17,21H,3,7-8,11,16H2,1-2H3. The van der Waals surface area contributed by atoms with Crippen molar-refractivity contribution in [3.05, 3.63) is 65.7 Å². The normalized spacial score (nSPS) is 12.9. The van der Waals surface area contributed by atoms with E-state index < -0.39 is 10.0 Å². The Morgan fingerprint density at radius 3 is 2.25 bits per heavy atom. The molecule has 0 spiro atoms. The molecule has 2 aromatic rings. The molecule has 0 amide bonds. The maximum absolute atomic E-state index is 12.3. The van der Waals surface area contributed by atoms with Crippen molar-refractivity contribution in [1.29, 1.82) is 0 Å². The maximum Gasteiger partial charge on any atom is 0.240 e. The van der Waals surface area contributed by atoms with Crippen molar-refractivity contribution in [2.24, 2.45) is 0 Å². The van der Waals surface area contributed by atoms with Crippen molar-refractivity contribution in [2.45, 2.75) is 50.3 Å². The number of hydrogen-bond donors (Lipinski definition) is 1. The van der Waals surface area contributed by atoms with Gasteiger partial charge in [0.2, 0.25) is 10.0 Å². The molecule has 0 radical (unpaired) electrons. The van der Waals surface area contributed by atoms with Crippen LogP contribution in [0.4, 0.5) is 0 Å². The van der Waals surface area contributed by atoms with Crippen LogP contribution in [0.1, 0.15) is 50.2 Å². The van der Waals surface area contributed by atoms with E-state index in [4.69, 9.17) is 0 Å². The molecule has 0 aliphatic carbocycles. The van der Waals surface area contributed by atoms with Gasteiger partial charge < -0.3 is 0 Å². The van der Waals surface area contributed by atoms with E-state index in [1.54, 1.807) is 12.1 Å². The van der Waals surface area contributed by atoms with E-state index in [0.717, 1.165) is 25.7 Å². The largest absolute Gasteiger partial charge is 0.240 e. The summed E-state index contributed by atoms with van der Waals surface area (Å²) in [7, 11) is -3.40. The van der Waals surface area contributed by atoms with E-state index >= 15 is 0 Å². The lowest BCUT2D eigenvalue weighted by atomic mass is 9.99. The first kappa shape index (κ1) is 18.7. The molecular weight excluding hydrogens is 318 g/mol. The van der Waals surface area contributed by atoms with Gasteiger partial charge in [0.15, 0.2) is 0 Å². The third kappa shape index (κ3) is 5.46. The van der Waals surface area contributed by atoms with Gasteiger partial charge in [-0.15, -0.1) is 0 Å². The molecule has 0 fully saturated rings. The van der Waals surface area contributed by atoms with Crippen molar-refractivity contribution in [1.82, 2.24) is 4.72 Å². The second kappa shape index (κ2) is 9.00. The van der Waals surface area contributed by atoms with Crippen LogP contribution in [0, 0.1) is 0 Å². The molecule has 0 aliphatic heterocycles. The monoisotopic (exact) mass is 345 g/mol. The fourth-order valence-corrected chi connectivity index (χ4v) is 3.67. The average Bonchev–Trinajstić information content (AvgIpc) is 2.61. The van der Waals surface area contributed by atoms with Crippen LogP contribution in [0.5, 0.6) is 0 Å². The summed E-state index contributed by atoms with van der Waals surface area (Å²) >= 11 is 0. The van der Waals surface area contributed by atoms with Crippen molar-refractivity contribution < 1.29 is 8.42 Å². The molecule has 0 heterocycles. The maximum atomic E-state index is 12.3. The summed E-state index contributed by atoms with van der Waals surface area (Å²) in [5.74, 6) is 0.452. The van der Waals surface area contributed by atoms with E-state index in [1.165, 1.54) is 11.1 Å². The van der Waals surface area contributed by atoms with Gasteiger partial charge in [-0.05, 0) is 54.9 Å². The highest BCUT2D eigenvalue weighted by molar-refractivity contribution is 7.89. The Morgan fingerprint density at radius 2 is 1.62 bits per heavy atom. The van der Waals surface area contributed by atoms with Crippen molar-refractivity contribution in [2.75, 3.05) is 6.54 Å². The lowest BCUT2D eigenvalue weighted by molar-refractivity contribution is 0.576. The minimum Gasteiger partial charge on any atom is -0.211 e. The summed E-state index contributed by atoms with van der Waals surface area (Å²) in [6.45, 7) is 4.75. The number of nitrogens with one attached hydrogen (secondary N) is 1. The molecule has 0 saturated heterocycles. The van der Waals surface area contributed by atoms with Gasteiger partial charge in [-0.2, -0.15) is 0 Å². The zero-order chi connectivity index (χ0) is 17.4. The highest BCUT2D eigenvalue weighted by atomic mass is 32.2. The van der Waals surface area contributed by atoms with E-state index in [2.05, 4.69) is 30.7 Å². The summed E-state index contributed by atoms with van der Waals surface area (Å²) in [5, 5.41) is 0. The third-order valence-corrected chi connectivity index (χ3v) is 5.88. The topological polar surface area (TPSA) is 46.2 Å². The second-order valence-electron chi connectivity index (χ2n) is 6.22. The number of hydrogen-bond acceptors (Lipinski definition) is 2. The molecular formula is C20H27NO2S. The molecule has 0 aliphatic rings. The van der Waals surface area contributed by atoms with Crippen molar-refractivity contribution >= 4 is 10.0 Å². The van der Waals surface area contributed by atoms with Crippen LogP contribution < -0.4 is 4.72 Å². The number of sulfonamides is 1. The SMILES string of the molecule is CCC(C)c1ccc(S(=O)(=O)NCCCCc2ccccc2)cc1. The molecule has 1 N–H and O–H groups in total. The Bertz CT molecular complexity index is 709. The zero-order valence-electron chi connectivity index (χ0n) is 14.5.